The Kier molecular flexibility index (Phi) is 3.18. The Morgan fingerprint density at radius 1 is 1.24 bits per heavy atom. The summed E-state index contributed by atoms with van der Waals surface area (Å²) < 4.78 is 1.83. The predicted molar refractivity (Wildman–Crippen MR) is 71.3 cm³/mol. The summed E-state index contributed by atoms with van der Waals surface area (Å²) in [6.45, 7) is 6.42. The molecule has 1 aromatic heterocycles. The van der Waals surface area contributed by atoms with E-state index < -0.39 is 0 Å². The van der Waals surface area contributed by atoms with Gasteiger partial charge in [-0.25, -0.2) is 4.68 Å². The molecule has 0 fully saturated rings. The fourth-order valence-corrected chi connectivity index (χ4v) is 1.90. The number of nitrogens with two attached hydrogens (primary N) is 1. The SMILES string of the molecule is Cc1c(CC(C)C)nn(-c2ccccc2)c1N. The van der Waals surface area contributed by atoms with Gasteiger partial charge in [0, 0.05) is 5.56 Å². The van der Waals surface area contributed by atoms with Crippen LogP contribution < -0.4 is 5.73 Å². The van der Waals surface area contributed by atoms with Crippen LogP contribution in [0.25, 0.3) is 5.69 Å². The molecule has 2 aromatic rings. The number of benzene rings is 1. The molecule has 0 atom stereocenters. The lowest BCUT2D eigenvalue weighted by Gasteiger charge is -2.03. The molecular formula is C14H19N3. The first-order valence-corrected chi connectivity index (χ1v) is 5.99. The summed E-state index contributed by atoms with van der Waals surface area (Å²) in [5.41, 5.74) is 9.33. The number of hydrogen-bond acceptors (Lipinski definition) is 2. The Labute approximate surface area is 102 Å². The van der Waals surface area contributed by atoms with E-state index in [-0.39, 0.29) is 0 Å². The average molecular weight is 229 g/mol. The molecular weight excluding hydrogens is 210 g/mol. The fourth-order valence-electron chi connectivity index (χ4n) is 1.90. The fraction of sp³-hybridized carbons (Fsp3) is 0.357. The zero-order valence-corrected chi connectivity index (χ0v) is 10.6. The van der Waals surface area contributed by atoms with Gasteiger partial charge in [-0.05, 0) is 31.4 Å². The molecule has 2 rings (SSSR count). The highest BCUT2D eigenvalue weighted by molar-refractivity contribution is 5.49. The van der Waals surface area contributed by atoms with Gasteiger partial charge in [-0.2, -0.15) is 5.10 Å². The molecule has 0 spiro atoms. The minimum Gasteiger partial charge on any atom is -0.383 e. The predicted octanol–water partition coefficient (Wildman–Crippen LogP) is 2.96. The topological polar surface area (TPSA) is 43.8 Å². The van der Waals surface area contributed by atoms with Crippen LogP contribution in [0.3, 0.4) is 0 Å². The van der Waals surface area contributed by atoms with E-state index in [2.05, 4.69) is 18.9 Å². The molecule has 1 aromatic carbocycles. The zero-order valence-electron chi connectivity index (χ0n) is 10.6. The third-order valence-corrected chi connectivity index (χ3v) is 2.87. The Hall–Kier alpha value is -1.77. The molecule has 0 saturated carbocycles. The molecule has 0 amide bonds. The molecule has 2 N–H and O–H groups in total. The van der Waals surface area contributed by atoms with Crippen LogP contribution in [0.2, 0.25) is 0 Å². The largest absolute Gasteiger partial charge is 0.383 e. The van der Waals surface area contributed by atoms with Crippen molar-refractivity contribution in [3.8, 4) is 5.69 Å². The van der Waals surface area contributed by atoms with Crippen molar-refractivity contribution in [1.82, 2.24) is 9.78 Å². The molecule has 90 valence electrons. The van der Waals surface area contributed by atoms with Crippen molar-refractivity contribution < 1.29 is 0 Å². The standard InChI is InChI=1S/C14H19N3/c1-10(2)9-13-11(3)14(15)17(16-13)12-7-5-4-6-8-12/h4-8,10H,9,15H2,1-3H3. The molecule has 1 heterocycles. The summed E-state index contributed by atoms with van der Waals surface area (Å²) in [7, 11) is 0. The van der Waals surface area contributed by atoms with Crippen LogP contribution in [-0.4, -0.2) is 9.78 Å². The van der Waals surface area contributed by atoms with E-state index in [1.807, 2.05) is 41.9 Å². The number of hydrogen-bond donors (Lipinski definition) is 1. The number of rotatable bonds is 3. The van der Waals surface area contributed by atoms with Gasteiger partial charge in [0.25, 0.3) is 0 Å². The average Bonchev–Trinajstić information content (AvgIpc) is 2.58. The molecule has 0 aliphatic carbocycles. The molecule has 3 heteroatoms. The lowest BCUT2D eigenvalue weighted by Crippen LogP contribution is -2.02. The van der Waals surface area contributed by atoms with Gasteiger partial charge in [0.05, 0.1) is 11.4 Å². The first kappa shape index (κ1) is 11.7. The maximum absolute atomic E-state index is 6.11. The van der Waals surface area contributed by atoms with Gasteiger partial charge in [-0.15, -0.1) is 0 Å². The maximum atomic E-state index is 6.11. The summed E-state index contributed by atoms with van der Waals surface area (Å²) in [6, 6.07) is 10.0. The second kappa shape index (κ2) is 4.62. The number of anilines is 1. The zero-order chi connectivity index (χ0) is 12.4. The first-order valence-electron chi connectivity index (χ1n) is 5.99. The monoisotopic (exact) mass is 229 g/mol. The quantitative estimate of drug-likeness (QED) is 0.879. The Morgan fingerprint density at radius 3 is 2.47 bits per heavy atom. The van der Waals surface area contributed by atoms with E-state index >= 15 is 0 Å². The van der Waals surface area contributed by atoms with Crippen LogP contribution in [-0.2, 0) is 6.42 Å². The van der Waals surface area contributed by atoms with Crippen LogP contribution >= 0.6 is 0 Å². The van der Waals surface area contributed by atoms with E-state index in [4.69, 9.17) is 5.73 Å². The molecule has 0 radical (unpaired) electrons. The molecule has 0 aliphatic heterocycles. The van der Waals surface area contributed by atoms with Gasteiger partial charge in [0.1, 0.15) is 5.82 Å². The van der Waals surface area contributed by atoms with Crippen molar-refractivity contribution in [2.75, 3.05) is 5.73 Å². The summed E-state index contributed by atoms with van der Waals surface area (Å²) >= 11 is 0. The number of aromatic nitrogens is 2. The Balaban J connectivity index is 2.43. The Morgan fingerprint density at radius 2 is 1.88 bits per heavy atom. The molecule has 0 unspecified atom stereocenters. The molecule has 3 nitrogen and oxygen atoms in total. The summed E-state index contributed by atoms with van der Waals surface area (Å²) in [5, 5.41) is 4.61. The second-order valence-electron chi connectivity index (χ2n) is 4.80. The minimum absolute atomic E-state index is 0.590. The van der Waals surface area contributed by atoms with E-state index in [1.165, 1.54) is 0 Å². The smallest absolute Gasteiger partial charge is 0.130 e. The molecule has 0 saturated heterocycles. The van der Waals surface area contributed by atoms with Crippen molar-refractivity contribution in [1.29, 1.82) is 0 Å². The third-order valence-electron chi connectivity index (χ3n) is 2.87. The lowest BCUT2D eigenvalue weighted by atomic mass is 10.1. The van der Waals surface area contributed by atoms with Crippen LogP contribution in [0, 0.1) is 12.8 Å². The van der Waals surface area contributed by atoms with Crippen LogP contribution in [0.1, 0.15) is 25.1 Å². The van der Waals surface area contributed by atoms with Crippen molar-refractivity contribution in [3.63, 3.8) is 0 Å². The van der Waals surface area contributed by atoms with Crippen molar-refractivity contribution in [2.24, 2.45) is 5.92 Å². The highest BCUT2D eigenvalue weighted by Gasteiger charge is 2.13. The third kappa shape index (κ3) is 2.33. The minimum atomic E-state index is 0.590. The number of para-hydroxylation sites is 1. The highest BCUT2D eigenvalue weighted by atomic mass is 15.3. The van der Waals surface area contributed by atoms with E-state index in [0.717, 1.165) is 29.2 Å². The molecule has 0 bridgehead atoms. The lowest BCUT2D eigenvalue weighted by molar-refractivity contribution is 0.626. The van der Waals surface area contributed by atoms with Crippen molar-refractivity contribution >= 4 is 5.82 Å². The van der Waals surface area contributed by atoms with Crippen LogP contribution in [0.15, 0.2) is 30.3 Å². The van der Waals surface area contributed by atoms with Crippen LogP contribution in [0.5, 0.6) is 0 Å². The number of nitrogens with zero attached hydrogens (tertiary/aromatic N) is 2. The first-order chi connectivity index (χ1) is 8.09. The van der Waals surface area contributed by atoms with Gasteiger partial charge >= 0.3 is 0 Å². The maximum Gasteiger partial charge on any atom is 0.130 e. The van der Waals surface area contributed by atoms with E-state index in [1.54, 1.807) is 0 Å². The Bertz CT molecular complexity index is 498. The van der Waals surface area contributed by atoms with Crippen molar-refractivity contribution in [3.05, 3.63) is 41.6 Å². The van der Waals surface area contributed by atoms with E-state index in [0.29, 0.717) is 5.92 Å². The highest BCUT2D eigenvalue weighted by Crippen LogP contribution is 2.21. The summed E-state index contributed by atoms with van der Waals surface area (Å²) in [6.07, 6.45) is 0.968. The van der Waals surface area contributed by atoms with Crippen molar-refractivity contribution in [2.45, 2.75) is 27.2 Å². The second-order valence-corrected chi connectivity index (χ2v) is 4.80. The van der Waals surface area contributed by atoms with Gasteiger partial charge in [0.2, 0.25) is 0 Å². The van der Waals surface area contributed by atoms with Gasteiger partial charge in [-0.3, -0.25) is 0 Å². The van der Waals surface area contributed by atoms with Gasteiger partial charge < -0.3 is 5.73 Å². The van der Waals surface area contributed by atoms with Crippen LogP contribution in [0.4, 0.5) is 5.82 Å². The normalized spacial score (nSPS) is 11.1. The molecule has 17 heavy (non-hydrogen) atoms. The van der Waals surface area contributed by atoms with Gasteiger partial charge in [-0.1, -0.05) is 32.0 Å². The molecule has 0 aliphatic rings. The van der Waals surface area contributed by atoms with Gasteiger partial charge in [0.15, 0.2) is 0 Å². The summed E-state index contributed by atoms with van der Waals surface area (Å²) in [5.74, 6) is 1.33. The summed E-state index contributed by atoms with van der Waals surface area (Å²) in [4.78, 5) is 0. The van der Waals surface area contributed by atoms with E-state index in [9.17, 15) is 0 Å². The number of nitrogen functional groups attached to an aromatic ring is 1.